The van der Waals surface area contributed by atoms with Gasteiger partial charge in [-0.15, -0.1) is 0 Å². The molecule has 2 atom stereocenters. The second-order valence-electron chi connectivity index (χ2n) is 5.19. The summed E-state index contributed by atoms with van der Waals surface area (Å²) in [6.07, 6.45) is 0.839. The van der Waals surface area contributed by atoms with Gasteiger partial charge in [0, 0.05) is 46.9 Å². The Bertz CT molecular complexity index is 356. The molecule has 0 aromatic heterocycles. The number of hydrogen-bond donors (Lipinski definition) is 1. The number of methoxy groups -OCH3 is 2. The second-order valence-corrected chi connectivity index (χ2v) is 5.19. The van der Waals surface area contributed by atoms with Crippen LogP contribution in [0.5, 0.6) is 0 Å². The summed E-state index contributed by atoms with van der Waals surface area (Å²) in [6.45, 7) is 3.16. The number of ether oxygens (including phenoxy) is 2. The Morgan fingerprint density at radius 2 is 1.80 bits per heavy atom. The number of nitrogens with zero attached hydrogens (tertiary/aromatic N) is 2. The molecule has 0 aromatic rings. The van der Waals surface area contributed by atoms with Gasteiger partial charge in [0.2, 0.25) is 11.8 Å². The van der Waals surface area contributed by atoms with Gasteiger partial charge in [-0.05, 0) is 6.42 Å². The van der Waals surface area contributed by atoms with Crippen LogP contribution >= 0.6 is 0 Å². The van der Waals surface area contributed by atoms with E-state index in [1.54, 1.807) is 12.0 Å². The molecule has 1 N–H and O–H groups in total. The molecule has 2 heterocycles. The van der Waals surface area contributed by atoms with Gasteiger partial charge in [0.25, 0.3) is 0 Å². The fraction of sp³-hybridized carbons (Fsp3) is 0.846. The highest BCUT2D eigenvalue weighted by atomic mass is 16.5. The molecule has 2 aliphatic heterocycles. The fourth-order valence-electron chi connectivity index (χ4n) is 2.68. The molecule has 2 fully saturated rings. The van der Waals surface area contributed by atoms with E-state index in [2.05, 4.69) is 5.32 Å². The first-order valence-corrected chi connectivity index (χ1v) is 6.97. The Labute approximate surface area is 119 Å². The first-order chi connectivity index (χ1) is 9.65. The zero-order valence-electron chi connectivity index (χ0n) is 12.1. The van der Waals surface area contributed by atoms with Crippen molar-refractivity contribution in [2.24, 2.45) is 0 Å². The molecule has 7 nitrogen and oxygen atoms in total. The van der Waals surface area contributed by atoms with Crippen LogP contribution in [0.1, 0.15) is 6.42 Å². The van der Waals surface area contributed by atoms with E-state index in [9.17, 15) is 9.59 Å². The number of carbonyl (C=O) groups excluding carboxylic acids is 2. The van der Waals surface area contributed by atoms with Crippen molar-refractivity contribution in [3.63, 3.8) is 0 Å². The van der Waals surface area contributed by atoms with E-state index in [0.717, 1.165) is 13.0 Å². The molecule has 0 bridgehead atoms. The molecule has 0 spiro atoms. The first-order valence-electron chi connectivity index (χ1n) is 6.97. The van der Waals surface area contributed by atoms with E-state index in [-0.39, 0.29) is 30.6 Å². The van der Waals surface area contributed by atoms with Crippen molar-refractivity contribution in [1.29, 1.82) is 0 Å². The number of carbonyl (C=O) groups is 2. The average molecular weight is 285 g/mol. The first kappa shape index (κ1) is 15.2. The van der Waals surface area contributed by atoms with Crippen LogP contribution in [0.4, 0.5) is 0 Å². The summed E-state index contributed by atoms with van der Waals surface area (Å²) in [4.78, 5) is 27.6. The molecule has 0 aliphatic carbocycles. The van der Waals surface area contributed by atoms with Crippen molar-refractivity contribution in [2.45, 2.75) is 18.6 Å². The molecular weight excluding hydrogens is 262 g/mol. The molecule has 2 saturated heterocycles. The minimum absolute atomic E-state index is 0.0157. The lowest BCUT2D eigenvalue weighted by atomic mass is 10.1. The van der Waals surface area contributed by atoms with E-state index in [0.29, 0.717) is 26.2 Å². The minimum atomic E-state index is -0.152. The fourth-order valence-corrected chi connectivity index (χ4v) is 2.68. The Balaban J connectivity index is 1.79. The standard InChI is InChI=1S/C13H23N3O4/c1-19-9-12(17)15-3-5-16(6-4-15)13(18)11-7-10(20-2)8-14-11/h10-11,14H,3-9H2,1-2H3. The molecular formula is C13H23N3O4. The van der Waals surface area contributed by atoms with Gasteiger partial charge in [-0.25, -0.2) is 0 Å². The summed E-state index contributed by atoms with van der Waals surface area (Å²) in [5, 5.41) is 3.19. The van der Waals surface area contributed by atoms with Gasteiger partial charge >= 0.3 is 0 Å². The van der Waals surface area contributed by atoms with Crippen LogP contribution in [0.3, 0.4) is 0 Å². The van der Waals surface area contributed by atoms with Crippen molar-refractivity contribution < 1.29 is 19.1 Å². The molecule has 0 radical (unpaired) electrons. The van der Waals surface area contributed by atoms with E-state index in [4.69, 9.17) is 9.47 Å². The predicted octanol–water partition coefficient (Wildman–Crippen LogP) is -1.32. The smallest absolute Gasteiger partial charge is 0.248 e. The topological polar surface area (TPSA) is 71.1 Å². The summed E-state index contributed by atoms with van der Waals surface area (Å²) in [5.41, 5.74) is 0. The molecule has 2 amide bonds. The van der Waals surface area contributed by atoms with Crippen LogP contribution in [0, 0.1) is 0 Å². The number of hydrogen-bond acceptors (Lipinski definition) is 5. The Morgan fingerprint density at radius 1 is 1.15 bits per heavy atom. The maximum Gasteiger partial charge on any atom is 0.248 e. The van der Waals surface area contributed by atoms with Crippen LogP contribution in [-0.2, 0) is 19.1 Å². The third kappa shape index (κ3) is 3.47. The lowest BCUT2D eigenvalue weighted by molar-refractivity contribution is -0.142. The van der Waals surface area contributed by atoms with Crippen LogP contribution in [-0.4, -0.2) is 87.3 Å². The lowest BCUT2D eigenvalue weighted by Gasteiger charge is -2.35. The number of amides is 2. The summed E-state index contributed by atoms with van der Waals surface area (Å²) >= 11 is 0. The van der Waals surface area contributed by atoms with Crippen molar-refractivity contribution in [1.82, 2.24) is 15.1 Å². The zero-order valence-corrected chi connectivity index (χ0v) is 12.1. The minimum Gasteiger partial charge on any atom is -0.380 e. The summed E-state index contributed by atoms with van der Waals surface area (Å²) in [6, 6.07) is -0.152. The summed E-state index contributed by atoms with van der Waals surface area (Å²) in [5.74, 6) is 0.0985. The largest absolute Gasteiger partial charge is 0.380 e. The van der Waals surface area contributed by atoms with Gasteiger partial charge in [0.15, 0.2) is 0 Å². The maximum absolute atomic E-state index is 12.3. The zero-order chi connectivity index (χ0) is 14.5. The molecule has 0 saturated carbocycles. The Hall–Kier alpha value is -1.18. The van der Waals surface area contributed by atoms with Crippen molar-refractivity contribution >= 4 is 11.8 Å². The monoisotopic (exact) mass is 285 g/mol. The normalized spacial score (nSPS) is 26.9. The van der Waals surface area contributed by atoms with Crippen molar-refractivity contribution in [2.75, 3.05) is 53.6 Å². The maximum atomic E-state index is 12.3. The van der Waals surface area contributed by atoms with Gasteiger partial charge in [0.1, 0.15) is 6.61 Å². The van der Waals surface area contributed by atoms with Gasteiger partial charge < -0.3 is 24.6 Å². The number of piperazine rings is 1. The van der Waals surface area contributed by atoms with Gasteiger partial charge in [-0.3, -0.25) is 9.59 Å². The predicted molar refractivity (Wildman–Crippen MR) is 72.2 cm³/mol. The number of nitrogens with one attached hydrogen (secondary N) is 1. The molecule has 0 aromatic carbocycles. The molecule has 2 aliphatic rings. The highest BCUT2D eigenvalue weighted by Gasteiger charge is 2.33. The average Bonchev–Trinajstić information content (AvgIpc) is 2.96. The highest BCUT2D eigenvalue weighted by molar-refractivity contribution is 5.83. The SMILES string of the molecule is COCC(=O)N1CCN(C(=O)C2CC(OC)CN2)CC1. The molecule has 2 unspecified atom stereocenters. The van der Waals surface area contributed by atoms with Crippen LogP contribution < -0.4 is 5.32 Å². The van der Waals surface area contributed by atoms with Crippen LogP contribution in [0.2, 0.25) is 0 Å². The van der Waals surface area contributed by atoms with Crippen molar-refractivity contribution in [3.8, 4) is 0 Å². The molecule has 2 rings (SSSR count). The molecule has 7 heteroatoms. The van der Waals surface area contributed by atoms with Gasteiger partial charge in [-0.2, -0.15) is 0 Å². The van der Waals surface area contributed by atoms with E-state index < -0.39 is 0 Å². The number of rotatable bonds is 4. The highest BCUT2D eigenvalue weighted by Crippen LogP contribution is 2.13. The van der Waals surface area contributed by atoms with E-state index >= 15 is 0 Å². The van der Waals surface area contributed by atoms with Gasteiger partial charge in [-0.1, -0.05) is 0 Å². The van der Waals surface area contributed by atoms with Crippen molar-refractivity contribution in [3.05, 3.63) is 0 Å². The van der Waals surface area contributed by atoms with Crippen LogP contribution in [0.15, 0.2) is 0 Å². The van der Waals surface area contributed by atoms with E-state index in [1.807, 2.05) is 4.90 Å². The van der Waals surface area contributed by atoms with Crippen LogP contribution in [0.25, 0.3) is 0 Å². The van der Waals surface area contributed by atoms with E-state index in [1.165, 1.54) is 7.11 Å². The second kappa shape index (κ2) is 7.01. The third-order valence-corrected chi connectivity index (χ3v) is 3.93. The van der Waals surface area contributed by atoms with Gasteiger partial charge in [0.05, 0.1) is 12.1 Å². The summed E-state index contributed by atoms with van der Waals surface area (Å²) in [7, 11) is 3.18. The quantitative estimate of drug-likeness (QED) is 0.694. The summed E-state index contributed by atoms with van der Waals surface area (Å²) < 4.78 is 10.1. The third-order valence-electron chi connectivity index (χ3n) is 3.93. The molecule has 20 heavy (non-hydrogen) atoms. The molecule has 114 valence electrons. The lowest BCUT2D eigenvalue weighted by Crippen LogP contribution is -2.54. The Kier molecular flexibility index (Phi) is 5.33. The Morgan fingerprint density at radius 3 is 2.35 bits per heavy atom.